The van der Waals surface area contributed by atoms with Gasteiger partial charge in [-0.1, -0.05) is 11.6 Å². The molecule has 0 aromatic carbocycles. The fraction of sp³-hybridized carbons (Fsp3) is 0.222. The summed E-state index contributed by atoms with van der Waals surface area (Å²) in [6.45, 7) is 0. The van der Waals surface area contributed by atoms with E-state index in [-0.39, 0.29) is 17.5 Å². The van der Waals surface area contributed by atoms with E-state index >= 15 is 0 Å². The lowest BCUT2D eigenvalue weighted by atomic mass is 10.1. The van der Waals surface area contributed by atoms with E-state index in [0.29, 0.717) is 11.5 Å². The quantitative estimate of drug-likeness (QED) is 0.671. The molecule has 0 saturated heterocycles. The lowest BCUT2D eigenvalue weighted by molar-refractivity contribution is -0.138. The molecule has 0 radical (unpaired) electrons. The van der Waals surface area contributed by atoms with Gasteiger partial charge in [0.2, 0.25) is 5.91 Å². The van der Waals surface area contributed by atoms with E-state index in [4.69, 9.17) is 16.7 Å². The predicted octanol–water partition coefficient (Wildman–Crippen LogP) is 0.942. The van der Waals surface area contributed by atoms with Gasteiger partial charge in [0.05, 0.1) is 12.1 Å². The number of hydrogen-bond donors (Lipinski definition) is 3. The Balaban J connectivity index is 2.26. The number of pyridine rings is 1. The number of carbonyl (C=O) groups is 2. The molecule has 1 aromatic heterocycles. The van der Waals surface area contributed by atoms with Crippen LogP contribution in [0, 0.1) is 0 Å². The Morgan fingerprint density at radius 2 is 2.31 bits per heavy atom. The standard InChI is InChI=1S/C9H8ClN3O3/c10-6-2-1-4-8(13-6)11-5(3-7(14)15)9(16)12-4/h1-2,5H,3H2,(H,11,13)(H,12,16)(H,14,15)/t5-/m0/s1. The number of aromatic nitrogens is 1. The van der Waals surface area contributed by atoms with Crippen LogP contribution in [0.1, 0.15) is 6.42 Å². The molecule has 84 valence electrons. The highest BCUT2D eigenvalue weighted by Gasteiger charge is 2.28. The molecule has 0 aliphatic carbocycles. The molecular weight excluding hydrogens is 234 g/mol. The van der Waals surface area contributed by atoms with Crippen molar-refractivity contribution in [2.24, 2.45) is 0 Å². The van der Waals surface area contributed by atoms with E-state index < -0.39 is 12.0 Å². The van der Waals surface area contributed by atoms with Gasteiger partial charge in [-0.15, -0.1) is 0 Å². The molecule has 1 aromatic rings. The van der Waals surface area contributed by atoms with E-state index in [1.807, 2.05) is 0 Å². The highest BCUT2D eigenvalue weighted by atomic mass is 35.5. The summed E-state index contributed by atoms with van der Waals surface area (Å²) >= 11 is 5.69. The van der Waals surface area contributed by atoms with E-state index in [0.717, 1.165) is 0 Å². The summed E-state index contributed by atoms with van der Waals surface area (Å²) < 4.78 is 0. The SMILES string of the molecule is O=C(O)C[C@@H]1Nc2nc(Cl)ccc2NC1=O. The Kier molecular flexibility index (Phi) is 2.66. The van der Waals surface area contributed by atoms with E-state index in [1.54, 1.807) is 12.1 Å². The van der Waals surface area contributed by atoms with Gasteiger partial charge in [0.15, 0.2) is 5.82 Å². The van der Waals surface area contributed by atoms with Gasteiger partial charge >= 0.3 is 5.97 Å². The van der Waals surface area contributed by atoms with Gasteiger partial charge in [-0.25, -0.2) is 4.98 Å². The van der Waals surface area contributed by atoms with Gasteiger partial charge in [-0.05, 0) is 12.1 Å². The molecule has 2 heterocycles. The van der Waals surface area contributed by atoms with Crippen LogP contribution in [-0.4, -0.2) is 28.0 Å². The van der Waals surface area contributed by atoms with Crippen LogP contribution >= 0.6 is 11.6 Å². The number of anilines is 2. The molecule has 1 aliphatic rings. The number of fused-ring (bicyclic) bond motifs is 1. The van der Waals surface area contributed by atoms with Crippen LogP contribution in [0.25, 0.3) is 0 Å². The second-order valence-electron chi connectivity index (χ2n) is 3.31. The smallest absolute Gasteiger partial charge is 0.305 e. The molecule has 1 atom stereocenters. The van der Waals surface area contributed by atoms with Crippen molar-refractivity contribution in [1.29, 1.82) is 0 Å². The number of carbonyl (C=O) groups excluding carboxylic acids is 1. The predicted molar refractivity (Wildman–Crippen MR) is 57.5 cm³/mol. The highest BCUT2D eigenvalue weighted by molar-refractivity contribution is 6.29. The molecule has 0 bridgehead atoms. The average molecular weight is 242 g/mol. The molecule has 3 N–H and O–H groups in total. The Hall–Kier alpha value is -1.82. The minimum absolute atomic E-state index is 0.275. The fourth-order valence-corrected chi connectivity index (χ4v) is 1.56. The van der Waals surface area contributed by atoms with Crippen LogP contribution < -0.4 is 10.6 Å². The molecule has 16 heavy (non-hydrogen) atoms. The number of hydrogen-bond acceptors (Lipinski definition) is 4. The van der Waals surface area contributed by atoms with Gasteiger partial charge in [0.25, 0.3) is 0 Å². The van der Waals surface area contributed by atoms with E-state index in [2.05, 4.69) is 15.6 Å². The van der Waals surface area contributed by atoms with Crippen LogP contribution in [0.3, 0.4) is 0 Å². The van der Waals surface area contributed by atoms with E-state index in [9.17, 15) is 9.59 Å². The third kappa shape index (κ3) is 2.06. The minimum Gasteiger partial charge on any atom is -0.481 e. The van der Waals surface area contributed by atoms with Gasteiger partial charge in [0.1, 0.15) is 11.2 Å². The van der Waals surface area contributed by atoms with Gasteiger partial charge in [-0.3, -0.25) is 9.59 Å². The number of aliphatic carboxylic acids is 1. The first-order valence-corrected chi connectivity index (χ1v) is 4.90. The van der Waals surface area contributed by atoms with Gasteiger partial charge in [-0.2, -0.15) is 0 Å². The zero-order valence-electron chi connectivity index (χ0n) is 8.03. The Labute approximate surface area is 95.6 Å². The molecule has 0 saturated carbocycles. The molecular formula is C9H8ClN3O3. The summed E-state index contributed by atoms with van der Waals surface area (Å²) in [5.74, 6) is -1.06. The van der Waals surface area contributed by atoms with Crippen LogP contribution in [0.15, 0.2) is 12.1 Å². The second kappa shape index (κ2) is 3.97. The second-order valence-corrected chi connectivity index (χ2v) is 3.70. The molecule has 1 amide bonds. The summed E-state index contributed by atoms with van der Waals surface area (Å²) in [4.78, 5) is 26.0. The zero-order chi connectivity index (χ0) is 11.7. The van der Waals surface area contributed by atoms with Crippen LogP contribution in [0.5, 0.6) is 0 Å². The van der Waals surface area contributed by atoms with Crippen molar-refractivity contribution >= 4 is 35.0 Å². The third-order valence-corrected chi connectivity index (χ3v) is 2.34. The number of halogens is 1. The summed E-state index contributed by atoms with van der Waals surface area (Å²) in [5, 5.41) is 14.2. The summed E-state index contributed by atoms with van der Waals surface area (Å²) in [6.07, 6.45) is -0.306. The van der Waals surface area contributed by atoms with Crippen molar-refractivity contribution in [1.82, 2.24) is 4.98 Å². The van der Waals surface area contributed by atoms with Crippen molar-refractivity contribution in [3.8, 4) is 0 Å². The Morgan fingerprint density at radius 3 is 3.00 bits per heavy atom. The lowest BCUT2D eigenvalue weighted by Crippen LogP contribution is -2.40. The molecule has 0 fully saturated rings. The summed E-state index contributed by atoms with van der Waals surface area (Å²) in [6, 6.07) is 2.32. The Morgan fingerprint density at radius 1 is 1.56 bits per heavy atom. The molecule has 2 rings (SSSR count). The monoisotopic (exact) mass is 241 g/mol. The first-order valence-electron chi connectivity index (χ1n) is 4.52. The minimum atomic E-state index is -1.06. The first-order chi connectivity index (χ1) is 7.56. The van der Waals surface area contributed by atoms with Crippen LogP contribution in [-0.2, 0) is 9.59 Å². The molecule has 0 spiro atoms. The summed E-state index contributed by atoms with van der Waals surface area (Å²) in [7, 11) is 0. The number of nitrogens with one attached hydrogen (secondary N) is 2. The molecule has 7 heteroatoms. The lowest BCUT2D eigenvalue weighted by Gasteiger charge is -2.24. The van der Waals surface area contributed by atoms with Crippen LogP contribution in [0.2, 0.25) is 5.15 Å². The molecule has 6 nitrogen and oxygen atoms in total. The maximum Gasteiger partial charge on any atom is 0.305 e. The highest BCUT2D eigenvalue weighted by Crippen LogP contribution is 2.26. The number of nitrogens with zero attached hydrogens (tertiary/aromatic N) is 1. The molecule has 0 unspecified atom stereocenters. The van der Waals surface area contributed by atoms with Crippen molar-refractivity contribution in [2.75, 3.05) is 10.6 Å². The van der Waals surface area contributed by atoms with E-state index in [1.165, 1.54) is 0 Å². The normalized spacial score (nSPS) is 18.3. The van der Waals surface area contributed by atoms with Crippen molar-refractivity contribution in [3.63, 3.8) is 0 Å². The van der Waals surface area contributed by atoms with Crippen LogP contribution in [0.4, 0.5) is 11.5 Å². The summed E-state index contributed by atoms with van der Waals surface area (Å²) in [5.41, 5.74) is 0.496. The topological polar surface area (TPSA) is 91.3 Å². The number of carboxylic acid groups (broad SMARTS) is 1. The maximum absolute atomic E-state index is 11.5. The third-order valence-electron chi connectivity index (χ3n) is 2.13. The van der Waals surface area contributed by atoms with Crippen molar-refractivity contribution < 1.29 is 14.7 Å². The first kappa shape index (κ1) is 10.7. The van der Waals surface area contributed by atoms with Gasteiger partial charge in [0, 0.05) is 0 Å². The maximum atomic E-state index is 11.5. The number of amides is 1. The zero-order valence-corrected chi connectivity index (χ0v) is 8.78. The largest absolute Gasteiger partial charge is 0.481 e. The van der Waals surface area contributed by atoms with Gasteiger partial charge < -0.3 is 15.7 Å². The van der Waals surface area contributed by atoms with Crippen molar-refractivity contribution in [2.45, 2.75) is 12.5 Å². The van der Waals surface area contributed by atoms with Crippen molar-refractivity contribution in [3.05, 3.63) is 17.3 Å². The fourth-order valence-electron chi connectivity index (χ4n) is 1.42. The Bertz CT molecular complexity index is 463. The average Bonchev–Trinajstić information content (AvgIpc) is 2.19. The molecule has 1 aliphatic heterocycles. The number of rotatable bonds is 2. The number of carboxylic acids is 1.